The molecule has 0 saturated heterocycles. The Morgan fingerprint density at radius 2 is 2.06 bits per heavy atom. The van der Waals surface area contributed by atoms with Crippen molar-refractivity contribution in [2.75, 3.05) is 0 Å². The van der Waals surface area contributed by atoms with Gasteiger partial charge in [0.05, 0.1) is 5.60 Å². The fraction of sp³-hybridized carbons (Fsp3) is 0.500. The highest BCUT2D eigenvalue weighted by molar-refractivity contribution is 8.00. The molecule has 0 radical (unpaired) electrons. The van der Waals surface area contributed by atoms with Crippen LogP contribution in [-0.2, 0) is 10.3 Å². The van der Waals surface area contributed by atoms with Gasteiger partial charge < -0.3 is 9.42 Å². The first-order chi connectivity index (χ1) is 7.60. The van der Waals surface area contributed by atoms with Crippen molar-refractivity contribution in [3.8, 4) is 0 Å². The van der Waals surface area contributed by atoms with Gasteiger partial charge in [-0.1, -0.05) is 30.3 Å². The van der Waals surface area contributed by atoms with Crippen molar-refractivity contribution >= 4 is 20.8 Å². The van der Waals surface area contributed by atoms with Crippen LogP contribution in [0.4, 0.5) is 0 Å². The third-order valence-corrected chi connectivity index (χ3v) is 5.57. The molecule has 88 valence electrons. The van der Waals surface area contributed by atoms with E-state index in [2.05, 4.69) is 38.1 Å². The van der Waals surface area contributed by atoms with Crippen molar-refractivity contribution in [1.82, 2.24) is 0 Å². The predicted molar refractivity (Wildman–Crippen MR) is 70.8 cm³/mol. The van der Waals surface area contributed by atoms with Crippen LogP contribution in [0.5, 0.6) is 0 Å². The molecule has 0 spiro atoms. The van der Waals surface area contributed by atoms with E-state index in [1.54, 1.807) is 0 Å². The lowest BCUT2D eigenvalue weighted by Gasteiger charge is -2.17. The van der Waals surface area contributed by atoms with Gasteiger partial charge in [0.25, 0.3) is 0 Å². The van der Waals surface area contributed by atoms with Crippen LogP contribution in [0.2, 0.25) is 0 Å². The molecule has 16 heavy (non-hydrogen) atoms. The summed E-state index contributed by atoms with van der Waals surface area (Å²) in [5, 5.41) is 0. The second kappa shape index (κ2) is 4.66. The first-order valence-electron chi connectivity index (χ1n) is 5.35. The predicted octanol–water partition coefficient (Wildman–Crippen LogP) is 3.36. The molecule has 1 aromatic rings. The SMILES string of the molecule is CC1(OPO)CC1(C)SCc1ccccc1. The van der Waals surface area contributed by atoms with Gasteiger partial charge in [0.2, 0.25) is 0 Å². The van der Waals surface area contributed by atoms with Crippen molar-refractivity contribution in [3.05, 3.63) is 35.9 Å². The molecule has 1 N–H and O–H groups in total. The average Bonchev–Trinajstić information content (AvgIpc) is 2.81. The van der Waals surface area contributed by atoms with Gasteiger partial charge in [0.1, 0.15) is 0 Å². The molecule has 2 nitrogen and oxygen atoms in total. The van der Waals surface area contributed by atoms with Crippen LogP contribution in [0.1, 0.15) is 25.8 Å². The van der Waals surface area contributed by atoms with Crippen LogP contribution in [0.15, 0.2) is 30.3 Å². The first kappa shape index (κ1) is 12.4. The number of hydrogen-bond donors (Lipinski definition) is 1. The van der Waals surface area contributed by atoms with E-state index in [1.807, 2.05) is 17.8 Å². The molecule has 3 atom stereocenters. The minimum atomic E-state index is -0.404. The molecular formula is C12H17O2PS. The molecule has 0 aromatic heterocycles. The quantitative estimate of drug-likeness (QED) is 0.819. The third kappa shape index (κ3) is 2.43. The summed E-state index contributed by atoms with van der Waals surface area (Å²) in [5.41, 5.74) is 1.20. The second-order valence-corrected chi connectivity index (χ2v) is 6.47. The van der Waals surface area contributed by atoms with Crippen LogP contribution < -0.4 is 0 Å². The molecule has 1 saturated carbocycles. The van der Waals surface area contributed by atoms with Crippen molar-refractivity contribution in [3.63, 3.8) is 0 Å². The van der Waals surface area contributed by atoms with Gasteiger partial charge >= 0.3 is 0 Å². The maximum Gasteiger partial charge on any atom is 0.152 e. The summed E-state index contributed by atoms with van der Waals surface area (Å²) in [7, 11) is -0.404. The zero-order valence-corrected chi connectivity index (χ0v) is 11.4. The zero-order chi connectivity index (χ0) is 11.6. The lowest BCUT2D eigenvalue weighted by molar-refractivity contribution is 0.202. The highest BCUT2D eigenvalue weighted by Crippen LogP contribution is 2.61. The van der Waals surface area contributed by atoms with Crippen molar-refractivity contribution < 1.29 is 9.42 Å². The summed E-state index contributed by atoms with van der Waals surface area (Å²) in [4.78, 5) is 8.86. The van der Waals surface area contributed by atoms with Crippen molar-refractivity contribution in [1.29, 1.82) is 0 Å². The van der Waals surface area contributed by atoms with Gasteiger partial charge in [-0.15, -0.1) is 11.8 Å². The topological polar surface area (TPSA) is 29.5 Å². The molecule has 3 unspecified atom stereocenters. The summed E-state index contributed by atoms with van der Waals surface area (Å²) >= 11 is 1.91. The van der Waals surface area contributed by atoms with Crippen LogP contribution >= 0.6 is 20.8 Å². The molecule has 2 rings (SSSR count). The maximum atomic E-state index is 8.86. The first-order valence-corrected chi connectivity index (χ1v) is 7.19. The van der Waals surface area contributed by atoms with E-state index in [9.17, 15) is 0 Å². The Bertz CT molecular complexity index is 359. The fourth-order valence-corrected chi connectivity index (χ4v) is 3.84. The van der Waals surface area contributed by atoms with E-state index >= 15 is 0 Å². The Balaban J connectivity index is 1.88. The summed E-state index contributed by atoms with van der Waals surface area (Å²) in [5.74, 6) is 1.00. The average molecular weight is 256 g/mol. The normalized spacial score (nSPS) is 33.4. The lowest BCUT2D eigenvalue weighted by atomic mass is 10.2. The van der Waals surface area contributed by atoms with Gasteiger partial charge in [0.15, 0.2) is 9.03 Å². The lowest BCUT2D eigenvalue weighted by Crippen LogP contribution is -2.17. The Morgan fingerprint density at radius 3 is 2.69 bits per heavy atom. The van der Waals surface area contributed by atoms with E-state index in [-0.39, 0.29) is 10.3 Å². The summed E-state index contributed by atoms with van der Waals surface area (Å²) in [6, 6.07) is 10.5. The zero-order valence-electron chi connectivity index (χ0n) is 9.56. The highest BCUT2D eigenvalue weighted by atomic mass is 32.2. The summed E-state index contributed by atoms with van der Waals surface area (Å²) in [6.07, 6.45) is 1.02. The van der Waals surface area contributed by atoms with Crippen molar-refractivity contribution in [2.24, 2.45) is 0 Å². The highest BCUT2D eigenvalue weighted by Gasteiger charge is 2.63. The molecule has 1 aliphatic rings. The van der Waals surface area contributed by atoms with Gasteiger partial charge in [-0.3, -0.25) is 0 Å². The van der Waals surface area contributed by atoms with Gasteiger partial charge in [0, 0.05) is 10.5 Å². The van der Waals surface area contributed by atoms with Gasteiger partial charge in [-0.2, -0.15) is 0 Å². The molecule has 4 heteroatoms. The number of rotatable bonds is 5. The largest absolute Gasteiger partial charge is 0.352 e. The monoisotopic (exact) mass is 256 g/mol. The molecule has 1 aliphatic carbocycles. The van der Waals surface area contributed by atoms with E-state index in [1.165, 1.54) is 5.56 Å². The van der Waals surface area contributed by atoms with E-state index in [0.29, 0.717) is 0 Å². The van der Waals surface area contributed by atoms with Crippen molar-refractivity contribution in [2.45, 2.75) is 36.4 Å². The molecule has 0 aliphatic heterocycles. The molecule has 0 bridgehead atoms. The van der Waals surface area contributed by atoms with Crippen LogP contribution in [0, 0.1) is 0 Å². The summed E-state index contributed by atoms with van der Waals surface area (Å²) in [6.45, 7) is 4.29. The standard InChI is InChI=1S/C12H17O2PS/c1-11(14-15-13)9-12(11,2)16-8-10-6-4-3-5-7-10/h3-7,13,15H,8-9H2,1-2H3. The smallest absolute Gasteiger partial charge is 0.152 e. The fourth-order valence-electron chi connectivity index (χ4n) is 1.86. The van der Waals surface area contributed by atoms with Gasteiger partial charge in [-0.05, 0) is 25.8 Å². The second-order valence-electron chi connectivity index (χ2n) is 4.61. The Kier molecular flexibility index (Phi) is 3.60. The molecule has 0 amide bonds. The van der Waals surface area contributed by atoms with Crippen LogP contribution in [0.25, 0.3) is 0 Å². The maximum absolute atomic E-state index is 8.86. The molecule has 0 heterocycles. The minimum Gasteiger partial charge on any atom is -0.352 e. The number of thioether (sulfide) groups is 1. The van der Waals surface area contributed by atoms with Crippen LogP contribution in [-0.4, -0.2) is 15.2 Å². The van der Waals surface area contributed by atoms with Crippen LogP contribution in [0.3, 0.4) is 0 Å². The molecular weight excluding hydrogens is 239 g/mol. The number of hydrogen-bond acceptors (Lipinski definition) is 3. The molecule has 1 aromatic carbocycles. The Hall–Kier alpha value is -0.0800. The Morgan fingerprint density at radius 1 is 1.38 bits per heavy atom. The van der Waals surface area contributed by atoms with Gasteiger partial charge in [-0.25, -0.2) is 0 Å². The minimum absolute atomic E-state index is 0.139. The third-order valence-electron chi connectivity index (χ3n) is 3.34. The van der Waals surface area contributed by atoms with E-state index in [0.717, 1.165) is 12.2 Å². The molecule has 1 fully saturated rings. The van der Waals surface area contributed by atoms with E-state index < -0.39 is 9.03 Å². The Labute approximate surface area is 103 Å². The summed E-state index contributed by atoms with van der Waals surface area (Å²) < 4.78 is 5.56. The number of benzene rings is 1. The van der Waals surface area contributed by atoms with E-state index in [4.69, 9.17) is 9.42 Å².